The minimum absolute atomic E-state index is 0.0161. The number of hydrogen-bond donors (Lipinski definition) is 2. The molecule has 0 unspecified atom stereocenters. The quantitative estimate of drug-likeness (QED) is 0.759. The Morgan fingerprint density at radius 3 is 2.91 bits per heavy atom. The van der Waals surface area contributed by atoms with E-state index in [0.29, 0.717) is 24.5 Å². The molecule has 4 rings (SSSR count). The van der Waals surface area contributed by atoms with Crippen LogP contribution in [0, 0.1) is 0 Å². The number of para-hydroxylation sites is 1. The van der Waals surface area contributed by atoms with Crippen molar-refractivity contribution in [3.8, 4) is 0 Å². The lowest BCUT2D eigenvalue weighted by Gasteiger charge is -2.12. The van der Waals surface area contributed by atoms with Crippen molar-refractivity contribution in [3.05, 3.63) is 47.3 Å². The first kappa shape index (κ1) is 13.6. The van der Waals surface area contributed by atoms with Gasteiger partial charge >= 0.3 is 0 Å². The van der Waals surface area contributed by atoms with Crippen LogP contribution >= 0.6 is 0 Å². The molecule has 1 aromatic carbocycles. The van der Waals surface area contributed by atoms with Gasteiger partial charge in [0.25, 0.3) is 5.91 Å². The van der Waals surface area contributed by atoms with Crippen molar-refractivity contribution < 1.29 is 14.0 Å². The number of H-pyrrole nitrogens is 1. The minimum atomic E-state index is -0.353. The zero-order chi connectivity index (χ0) is 16.0. The van der Waals surface area contributed by atoms with Crippen molar-refractivity contribution in [1.82, 2.24) is 15.1 Å². The Labute approximate surface area is 131 Å². The second-order valence-corrected chi connectivity index (χ2v) is 5.50. The zero-order valence-corrected chi connectivity index (χ0v) is 12.4. The lowest BCUT2D eigenvalue weighted by atomic mass is 10.2. The van der Waals surface area contributed by atoms with Crippen molar-refractivity contribution in [3.63, 3.8) is 0 Å². The van der Waals surface area contributed by atoms with Gasteiger partial charge in [-0.05, 0) is 12.1 Å². The third-order valence-corrected chi connectivity index (χ3v) is 3.98. The smallest absolute Gasteiger partial charge is 0.292 e. The first-order chi connectivity index (χ1) is 11.1. The van der Waals surface area contributed by atoms with Gasteiger partial charge in [-0.3, -0.25) is 14.7 Å². The highest BCUT2D eigenvalue weighted by Crippen LogP contribution is 2.27. The molecule has 2 N–H and O–H groups in total. The summed E-state index contributed by atoms with van der Waals surface area (Å²) >= 11 is 0. The van der Waals surface area contributed by atoms with Crippen LogP contribution < -0.4 is 5.32 Å². The fourth-order valence-corrected chi connectivity index (χ4v) is 2.73. The van der Waals surface area contributed by atoms with Crippen molar-refractivity contribution in [2.45, 2.75) is 20.0 Å². The van der Waals surface area contributed by atoms with E-state index in [1.807, 2.05) is 24.3 Å². The van der Waals surface area contributed by atoms with Crippen molar-refractivity contribution in [2.75, 3.05) is 5.32 Å². The molecule has 1 aliphatic rings. The molecule has 0 radical (unpaired) electrons. The third kappa shape index (κ3) is 2.26. The van der Waals surface area contributed by atoms with Crippen LogP contribution in [-0.2, 0) is 17.9 Å². The molecule has 0 spiro atoms. The summed E-state index contributed by atoms with van der Waals surface area (Å²) in [5.41, 5.74) is 2.28. The highest BCUT2D eigenvalue weighted by atomic mass is 16.3. The van der Waals surface area contributed by atoms with Crippen LogP contribution in [0.25, 0.3) is 11.0 Å². The number of carbonyl (C=O) groups is 2. The van der Waals surface area contributed by atoms with E-state index in [1.165, 1.54) is 6.92 Å². The number of benzene rings is 1. The van der Waals surface area contributed by atoms with Crippen LogP contribution in [0.15, 0.2) is 34.7 Å². The van der Waals surface area contributed by atoms with E-state index >= 15 is 0 Å². The average molecular weight is 310 g/mol. The minimum Gasteiger partial charge on any atom is -0.451 e. The molecule has 7 nitrogen and oxygen atoms in total. The molecule has 116 valence electrons. The second-order valence-electron chi connectivity index (χ2n) is 5.50. The molecule has 0 aliphatic carbocycles. The number of hydrogen-bond acceptors (Lipinski definition) is 4. The van der Waals surface area contributed by atoms with Gasteiger partial charge in [0.05, 0.1) is 18.8 Å². The topological polar surface area (TPSA) is 91.2 Å². The number of carbonyl (C=O) groups excluding carboxylic acids is 2. The van der Waals surface area contributed by atoms with E-state index in [4.69, 9.17) is 4.42 Å². The van der Waals surface area contributed by atoms with Gasteiger partial charge in [0.2, 0.25) is 5.91 Å². The van der Waals surface area contributed by atoms with Gasteiger partial charge in [-0.2, -0.15) is 5.10 Å². The maximum absolute atomic E-state index is 12.4. The van der Waals surface area contributed by atoms with Crippen LogP contribution in [0.4, 0.5) is 5.82 Å². The Morgan fingerprint density at radius 1 is 1.30 bits per heavy atom. The van der Waals surface area contributed by atoms with Crippen molar-refractivity contribution >= 4 is 28.6 Å². The number of fused-ring (bicyclic) bond motifs is 2. The van der Waals surface area contributed by atoms with E-state index in [1.54, 1.807) is 11.0 Å². The van der Waals surface area contributed by atoms with Crippen LogP contribution in [0.1, 0.15) is 28.7 Å². The molecule has 0 saturated carbocycles. The van der Waals surface area contributed by atoms with Crippen LogP contribution in [0.5, 0.6) is 0 Å². The predicted octanol–water partition coefficient (Wildman–Crippen LogP) is 2.27. The molecule has 3 heterocycles. The first-order valence-corrected chi connectivity index (χ1v) is 7.23. The molecule has 0 fully saturated rings. The summed E-state index contributed by atoms with van der Waals surface area (Å²) in [5, 5.41) is 10.6. The van der Waals surface area contributed by atoms with E-state index in [-0.39, 0.29) is 17.6 Å². The average Bonchev–Trinajstić information content (AvgIpc) is 3.21. The second kappa shape index (κ2) is 4.98. The molecule has 1 aliphatic heterocycles. The van der Waals surface area contributed by atoms with Gasteiger partial charge in [0, 0.05) is 17.9 Å². The summed E-state index contributed by atoms with van der Waals surface area (Å²) in [5.74, 6) is 0.372. The van der Waals surface area contributed by atoms with E-state index in [9.17, 15) is 9.59 Å². The Kier molecular flexibility index (Phi) is 2.94. The number of rotatable bonds is 2. The molecule has 2 aromatic heterocycles. The number of aromatic nitrogens is 2. The molecule has 2 amide bonds. The number of nitrogens with zero attached hydrogens (tertiary/aromatic N) is 2. The lowest BCUT2D eigenvalue weighted by Crippen LogP contribution is -2.22. The van der Waals surface area contributed by atoms with Gasteiger partial charge < -0.3 is 14.6 Å². The largest absolute Gasteiger partial charge is 0.451 e. The first-order valence-electron chi connectivity index (χ1n) is 7.23. The molecule has 23 heavy (non-hydrogen) atoms. The Morgan fingerprint density at radius 2 is 2.13 bits per heavy atom. The van der Waals surface area contributed by atoms with Gasteiger partial charge in [0.1, 0.15) is 11.4 Å². The van der Waals surface area contributed by atoms with Crippen LogP contribution in [0.3, 0.4) is 0 Å². The van der Waals surface area contributed by atoms with Crippen molar-refractivity contribution in [2.24, 2.45) is 0 Å². The van der Waals surface area contributed by atoms with Crippen molar-refractivity contribution in [1.29, 1.82) is 0 Å². The summed E-state index contributed by atoms with van der Waals surface area (Å²) in [7, 11) is 0. The number of aromatic amines is 1. The standard InChI is InChI=1S/C16H14N4O3/c1-9(21)20-7-11-12(8-20)18-19-15(11)17-16(22)14-6-10-4-2-3-5-13(10)23-14/h2-6H,7-8H2,1H3,(H2,17,18,19,22). The zero-order valence-electron chi connectivity index (χ0n) is 12.4. The Balaban J connectivity index is 1.57. The number of amides is 2. The third-order valence-electron chi connectivity index (χ3n) is 3.98. The summed E-state index contributed by atoms with van der Waals surface area (Å²) in [4.78, 5) is 25.5. The van der Waals surface area contributed by atoms with E-state index in [2.05, 4.69) is 15.5 Å². The summed E-state index contributed by atoms with van der Waals surface area (Å²) in [6.45, 7) is 2.42. The highest BCUT2D eigenvalue weighted by molar-refractivity contribution is 6.04. The molecule has 0 atom stereocenters. The van der Waals surface area contributed by atoms with Crippen LogP contribution in [0.2, 0.25) is 0 Å². The monoisotopic (exact) mass is 310 g/mol. The number of furan rings is 1. The highest BCUT2D eigenvalue weighted by Gasteiger charge is 2.27. The number of anilines is 1. The molecular formula is C16H14N4O3. The summed E-state index contributed by atoms with van der Waals surface area (Å²) in [6.07, 6.45) is 0. The molecule has 0 saturated heterocycles. The fraction of sp³-hybridized carbons (Fsp3) is 0.188. The van der Waals surface area contributed by atoms with E-state index in [0.717, 1.165) is 16.6 Å². The molecule has 0 bridgehead atoms. The lowest BCUT2D eigenvalue weighted by molar-refractivity contribution is -0.129. The molecule has 7 heteroatoms. The van der Waals surface area contributed by atoms with Gasteiger partial charge in [-0.15, -0.1) is 0 Å². The maximum Gasteiger partial charge on any atom is 0.292 e. The van der Waals surface area contributed by atoms with Gasteiger partial charge in [-0.1, -0.05) is 18.2 Å². The Bertz CT molecular complexity index is 891. The fourth-order valence-electron chi connectivity index (χ4n) is 2.73. The SMILES string of the molecule is CC(=O)N1Cc2n[nH]c(NC(=O)c3cc4ccccc4o3)c2C1. The summed E-state index contributed by atoms with van der Waals surface area (Å²) < 4.78 is 5.55. The van der Waals surface area contributed by atoms with Gasteiger partial charge in [0.15, 0.2) is 5.76 Å². The molecular weight excluding hydrogens is 296 g/mol. The normalized spacial score (nSPS) is 13.3. The Hall–Kier alpha value is -3.09. The predicted molar refractivity (Wildman–Crippen MR) is 82.7 cm³/mol. The van der Waals surface area contributed by atoms with E-state index < -0.39 is 0 Å². The van der Waals surface area contributed by atoms with Crippen LogP contribution in [-0.4, -0.2) is 26.9 Å². The maximum atomic E-state index is 12.4. The van der Waals surface area contributed by atoms with Gasteiger partial charge in [-0.25, -0.2) is 0 Å². The number of nitrogens with one attached hydrogen (secondary N) is 2. The summed E-state index contributed by atoms with van der Waals surface area (Å²) in [6, 6.07) is 9.13. The molecule has 3 aromatic rings.